The molecular weight excluding hydrogens is 446 g/mol. The Balaban J connectivity index is 2.04. The molecule has 3 heterocycles. The lowest BCUT2D eigenvalue weighted by molar-refractivity contribution is -0.167. The van der Waals surface area contributed by atoms with Crippen LogP contribution in [0.25, 0.3) is 22.0 Å². The summed E-state index contributed by atoms with van der Waals surface area (Å²) in [6.07, 6.45) is -2.01. The van der Waals surface area contributed by atoms with Crippen LogP contribution in [-0.4, -0.2) is 44.2 Å². The van der Waals surface area contributed by atoms with Crippen LogP contribution in [0.5, 0.6) is 0 Å². The summed E-state index contributed by atoms with van der Waals surface area (Å²) in [7, 11) is 0. The van der Waals surface area contributed by atoms with Gasteiger partial charge in [0, 0.05) is 48.4 Å². The zero-order valence-electron chi connectivity index (χ0n) is 15.4. The van der Waals surface area contributed by atoms with Crippen molar-refractivity contribution < 1.29 is 22.8 Å². The van der Waals surface area contributed by atoms with Crippen LogP contribution in [0, 0.1) is 0 Å². The van der Waals surface area contributed by atoms with Crippen molar-refractivity contribution in [3.8, 4) is 11.1 Å². The number of nitrogens with one attached hydrogen (secondary N) is 2. The molecule has 2 amide bonds. The fourth-order valence-corrected chi connectivity index (χ4v) is 4.13. The number of aromatic amines is 1. The van der Waals surface area contributed by atoms with Crippen molar-refractivity contribution in [3.63, 3.8) is 0 Å². The Bertz CT molecular complexity index is 1170. The number of rotatable bonds is 2. The summed E-state index contributed by atoms with van der Waals surface area (Å²) in [5.74, 6) is -2.27. The number of amides is 2. The van der Waals surface area contributed by atoms with E-state index >= 15 is 0 Å². The first kappa shape index (κ1) is 20.5. The summed E-state index contributed by atoms with van der Waals surface area (Å²) in [6, 6.07) is 1.19. The summed E-state index contributed by atoms with van der Waals surface area (Å²) in [5.41, 5.74) is 1.99. The van der Waals surface area contributed by atoms with Crippen LogP contribution < -0.4 is 5.32 Å². The van der Waals surface area contributed by atoms with E-state index in [1.165, 1.54) is 19.2 Å². The van der Waals surface area contributed by atoms with Crippen molar-refractivity contribution in [2.45, 2.75) is 26.2 Å². The second kappa shape index (κ2) is 7.21. The molecule has 1 aliphatic rings. The zero-order chi connectivity index (χ0) is 21.8. The standard InChI is InChI=1S/C18H14Cl2F3N5O2/c1-8(29)27-2-3-28-12(7-27)13(9-5-24-25-6-9)14-11(26-17(30)18(21,22)23)4-10(19)15(20)16(14)28/h4-6H,2-3,7H2,1H3,(H,24,25)(H,26,30). The number of halogens is 5. The van der Waals surface area contributed by atoms with Crippen LogP contribution in [0.4, 0.5) is 18.9 Å². The molecule has 1 aromatic carbocycles. The van der Waals surface area contributed by atoms with E-state index in [0.29, 0.717) is 40.8 Å². The molecule has 0 saturated heterocycles. The Morgan fingerprint density at radius 3 is 2.60 bits per heavy atom. The van der Waals surface area contributed by atoms with Gasteiger partial charge in [-0.2, -0.15) is 18.3 Å². The third kappa shape index (κ3) is 3.29. The lowest BCUT2D eigenvalue weighted by atomic mass is 10.0. The van der Waals surface area contributed by atoms with Gasteiger partial charge in [0.25, 0.3) is 0 Å². The minimum Gasteiger partial charge on any atom is -0.339 e. The molecule has 2 aromatic heterocycles. The van der Waals surface area contributed by atoms with Crippen LogP contribution in [0.1, 0.15) is 12.6 Å². The third-order valence-electron chi connectivity index (χ3n) is 5.00. The number of hydrogen-bond donors (Lipinski definition) is 2. The SMILES string of the molecule is CC(=O)N1CCn2c(c(-c3cn[nH]c3)c3c(NC(=O)C(F)(F)F)cc(Cl)c(Cl)c32)C1. The van der Waals surface area contributed by atoms with E-state index in [1.54, 1.807) is 11.1 Å². The number of carbonyl (C=O) groups excluding carboxylic acids is 2. The van der Waals surface area contributed by atoms with Crippen molar-refractivity contribution in [2.75, 3.05) is 11.9 Å². The summed E-state index contributed by atoms with van der Waals surface area (Å²) >= 11 is 12.6. The average molecular weight is 460 g/mol. The first-order valence-electron chi connectivity index (χ1n) is 8.75. The van der Waals surface area contributed by atoms with Gasteiger partial charge in [0.05, 0.1) is 34.0 Å². The van der Waals surface area contributed by atoms with Gasteiger partial charge in [-0.3, -0.25) is 14.7 Å². The molecule has 30 heavy (non-hydrogen) atoms. The topological polar surface area (TPSA) is 83.0 Å². The molecule has 0 atom stereocenters. The minimum absolute atomic E-state index is 0.00492. The normalized spacial score (nSPS) is 14.1. The van der Waals surface area contributed by atoms with Crippen LogP contribution >= 0.6 is 23.2 Å². The third-order valence-corrected chi connectivity index (χ3v) is 5.78. The van der Waals surface area contributed by atoms with Crippen LogP contribution in [-0.2, 0) is 22.7 Å². The number of alkyl halides is 3. The molecule has 3 aromatic rings. The molecule has 4 rings (SSSR count). The predicted octanol–water partition coefficient (Wildman–Crippen LogP) is 4.20. The number of nitrogens with zero attached hydrogens (tertiary/aromatic N) is 3. The monoisotopic (exact) mass is 459 g/mol. The predicted molar refractivity (Wildman–Crippen MR) is 105 cm³/mol. The number of anilines is 1. The fourth-order valence-electron chi connectivity index (χ4n) is 3.68. The fraction of sp³-hybridized carbons (Fsp3) is 0.278. The van der Waals surface area contributed by atoms with E-state index in [0.717, 1.165) is 0 Å². The zero-order valence-corrected chi connectivity index (χ0v) is 16.9. The van der Waals surface area contributed by atoms with Crippen molar-refractivity contribution in [2.24, 2.45) is 0 Å². The first-order valence-corrected chi connectivity index (χ1v) is 9.51. The van der Waals surface area contributed by atoms with Gasteiger partial charge in [-0.15, -0.1) is 0 Å². The molecular formula is C18H14Cl2F3N5O2. The highest BCUT2D eigenvalue weighted by Gasteiger charge is 2.39. The number of hydrogen-bond acceptors (Lipinski definition) is 3. The molecule has 2 N–H and O–H groups in total. The molecule has 1 aliphatic heterocycles. The number of fused-ring (bicyclic) bond motifs is 3. The molecule has 0 spiro atoms. The van der Waals surface area contributed by atoms with Gasteiger partial charge in [-0.25, -0.2) is 0 Å². The highest BCUT2D eigenvalue weighted by molar-refractivity contribution is 6.46. The van der Waals surface area contributed by atoms with Crippen molar-refractivity contribution in [1.82, 2.24) is 19.7 Å². The van der Waals surface area contributed by atoms with Gasteiger partial charge in [0.2, 0.25) is 5.91 Å². The molecule has 0 bridgehead atoms. The Kier molecular flexibility index (Phi) is 4.94. The quantitative estimate of drug-likeness (QED) is 0.602. The highest BCUT2D eigenvalue weighted by atomic mass is 35.5. The Hall–Kier alpha value is -2.72. The van der Waals surface area contributed by atoms with Gasteiger partial charge in [-0.05, 0) is 6.07 Å². The van der Waals surface area contributed by atoms with Gasteiger partial charge in [0.1, 0.15) is 0 Å². The van der Waals surface area contributed by atoms with Crippen molar-refractivity contribution in [3.05, 3.63) is 34.2 Å². The smallest absolute Gasteiger partial charge is 0.339 e. The van der Waals surface area contributed by atoms with Gasteiger partial charge < -0.3 is 14.8 Å². The van der Waals surface area contributed by atoms with Gasteiger partial charge >= 0.3 is 12.1 Å². The Labute approximate surface area is 177 Å². The average Bonchev–Trinajstić information content (AvgIpc) is 3.30. The van der Waals surface area contributed by atoms with E-state index in [-0.39, 0.29) is 28.2 Å². The molecule has 158 valence electrons. The lowest BCUT2D eigenvalue weighted by Gasteiger charge is -2.29. The Morgan fingerprint density at radius 1 is 1.27 bits per heavy atom. The molecule has 0 fully saturated rings. The summed E-state index contributed by atoms with van der Waals surface area (Å²) < 4.78 is 40.6. The minimum atomic E-state index is -5.08. The van der Waals surface area contributed by atoms with E-state index in [2.05, 4.69) is 10.2 Å². The van der Waals surface area contributed by atoms with E-state index in [4.69, 9.17) is 23.2 Å². The second-order valence-electron chi connectivity index (χ2n) is 6.80. The maximum Gasteiger partial charge on any atom is 0.471 e. The van der Waals surface area contributed by atoms with Gasteiger partial charge in [0.15, 0.2) is 0 Å². The van der Waals surface area contributed by atoms with E-state index < -0.39 is 12.1 Å². The molecule has 7 nitrogen and oxygen atoms in total. The lowest BCUT2D eigenvalue weighted by Crippen LogP contribution is -2.36. The van der Waals surface area contributed by atoms with Crippen LogP contribution in [0.2, 0.25) is 10.0 Å². The maximum absolute atomic E-state index is 12.9. The van der Waals surface area contributed by atoms with E-state index in [9.17, 15) is 22.8 Å². The summed E-state index contributed by atoms with van der Waals surface area (Å²) in [6.45, 7) is 2.40. The molecule has 0 radical (unpaired) electrons. The maximum atomic E-state index is 12.9. The van der Waals surface area contributed by atoms with Crippen LogP contribution in [0.3, 0.4) is 0 Å². The molecule has 0 aliphatic carbocycles. The number of carbonyl (C=O) groups is 2. The highest BCUT2D eigenvalue weighted by Crippen LogP contribution is 2.46. The first-order chi connectivity index (χ1) is 14.1. The summed E-state index contributed by atoms with van der Waals surface area (Å²) in [4.78, 5) is 25.2. The number of benzene rings is 1. The molecule has 0 unspecified atom stereocenters. The second-order valence-corrected chi connectivity index (χ2v) is 7.58. The Morgan fingerprint density at radius 2 is 2.00 bits per heavy atom. The van der Waals surface area contributed by atoms with Crippen molar-refractivity contribution in [1.29, 1.82) is 0 Å². The summed E-state index contributed by atoms with van der Waals surface area (Å²) in [5, 5.41) is 8.92. The van der Waals surface area contributed by atoms with E-state index in [1.807, 2.05) is 9.88 Å². The number of aromatic nitrogens is 3. The molecule has 12 heteroatoms. The van der Waals surface area contributed by atoms with Crippen LogP contribution in [0.15, 0.2) is 18.5 Å². The van der Waals surface area contributed by atoms with Crippen molar-refractivity contribution >= 4 is 51.6 Å². The molecule has 0 saturated carbocycles. The van der Waals surface area contributed by atoms with Gasteiger partial charge in [-0.1, -0.05) is 23.2 Å². The largest absolute Gasteiger partial charge is 0.471 e. The number of H-pyrrole nitrogens is 1.